The Hall–Kier alpha value is -1.64. The number of esters is 1. The zero-order chi connectivity index (χ0) is 13.7. The van der Waals surface area contributed by atoms with Gasteiger partial charge in [-0.3, -0.25) is 4.79 Å². The third kappa shape index (κ3) is 3.43. The normalized spacial score (nSPS) is 18.1. The molecule has 1 aromatic rings. The molecule has 3 nitrogen and oxygen atoms in total. The molecule has 3 heteroatoms. The maximum absolute atomic E-state index is 11.9. The second-order valence-electron chi connectivity index (χ2n) is 5.33. The standard InChI is InChI=1S/C16H20O3/c1-2-16(10-8-14(17)9-11-16)12-19-15(18)13-6-4-3-5-7-13/h3-7H,2,8-12H2,1H3. The smallest absolute Gasteiger partial charge is 0.338 e. The van der Waals surface area contributed by atoms with Crippen molar-refractivity contribution in [1.82, 2.24) is 0 Å². The van der Waals surface area contributed by atoms with Crippen LogP contribution in [-0.4, -0.2) is 18.4 Å². The molecule has 1 aromatic carbocycles. The average molecular weight is 260 g/mol. The molecule has 0 amide bonds. The maximum atomic E-state index is 11.9. The second kappa shape index (κ2) is 6.00. The Kier molecular flexibility index (Phi) is 4.35. The van der Waals surface area contributed by atoms with Gasteiger partial charge < -0.3 is 4.74 Å². The van der Waals surface area contributed by atoms with E-state index in [1.807, 2.05) is 18.2 Å². The van der Waals surface area contributed by atoms with Gasteiger partial charge in [-0.2, -0.15) is 0 Å². The highest BCUT2D eigenvalue weighted by Gasteiger charge is 2.34. The minimum atomic E-state index is -0.273. The first-order valence-electron chi connectivity index (χ1n) is 6.89. The van der Waals surface area contributed by atoms with Crippen molar-refractivity contribution in [2.24, 2.45) is 5.41 Å². The lowest BCUT2D eigenvalue weighted by Gasteiger charge is -2.35. The van der Waals surface area contributed by atoms with Gasteiger partial charge in [-0.1, -0.05) is 25.1 Å². The van der Waals surface area contributed by atoms with Crippen molar-refractivity contribution >= 4 is 11.8 Å². The van der Waals surface area contributed by atoms with Crippen LogP contribution in [0.3, 0.4) is 0 Å². The number of rotatable bonds is 4. The highest BCUT2D eigenvalue weighted by Crippen LogP contribution is 2.38. The third-order valence-electron chi connectivity index (χ3n) is 4.14. The zero-order valence-electron chi connectivity index (χ0n) is 11.4. The van der Waals surface area contributed by atoms with Gasteiger partial charge in [0.15, 0.2) is 0 Å². The molecule has 0 aliphatic heterocycles. The fraction of sp³-hybridized carbons (Fsp3) is 0.500. The number of hydrogen-bond acceptors (Lipinski definition) is 3. The molecule has 0 aromatic heterocycles. The molecule has 1 saturated carbocycles. The van der Waals surface area contributed by atoms with Crippen molar-refractivity contribution < 1.29 is 14.3 Å². The summed E-state index contributed by atoms with van der Waals surface area (Å²) in [4.78, 5) is 23.2. The molecule has 19 heavy (non-hydrogen) atoms. The van der Waals surface area contributed by atoms with Crippen molar-refractivity contribution in [3.8, 4) is 0 Å². The molecule has 0 radical (unpaired) electrons. The van der Waals surface area contributed by atoms with Crippen LogP contribution in [0.1, 0.15) is 49.4 Å². The van der Waals surface area contributed by atoms with E-state index in [1.54, 1.807) is 12.1 Å². The van der Waals surface area contributed by atoms with Crippen LogP contribution in [0.5, 0.6) is 0 Å². The minimum absolute atomic E-state index is 0.00164. The Labute approximate surface area is 114 Å². The van der Waals surface area contributed by atoms with Gasteiger partial charge >= 0.3 is 5.97 Å². The zero-order valence-corrected chi connectivity index (χ0v) is 11.4. The first kappa shape index (κ1) is 13.8. The summed E-state index contributed by atoms with van der Waals surface area (Å²) in [5.41, 5.74) is 0.582. The average Bonchev–Trinajstić information content (AvgIpc) is 2.48. The van der Waals surface area contributed by atoms with Crippen LogP contribution in [-0.2, 0) is 9.53 Å². The van der Waals surface area contributed by atoms with Crippen LogP contribution in [0, 0.1) is 5.41 Å². The van der Waals surface area contributed by atoms with E-state index < -0.39 is 0 Å². The highest BCUT2D eigenvalue weighted by atomic mass is 16.5. The number of carbonyl (C=O) groups is 2. The van der Waals surface area contributed by atoms with Crippen molar-refractivity contribution in [2.75, 3.05) is 6.61 Å². The molecule has 0 N–H and O–H groups in total. The predicted molar refractivity (Wildman–Crippen MR) is 72.9 cm³/mol. The lowest BCUT2D eigenvalue weighted by atomic mass is 9.72. The van der Waals surface area contributed by atoms with Crippen LogP contribution >= 0.6 is 0 Å². The molecule has 102 valence electrons. The van der Waals surface area contributed by atoms with Gasteiger partial charge in [0.1, 0.15) is 5.78 Å². The van der Waals surface area contributed by atoms with Crippen LogP contribution in [0.25, 0.3) is 0 Å². The molecular weight excluding hydrogens is 240 g/mol. The summed E-state index contributed by atoms with van der Waals surface area (Å²) in [5.74, 6) is 0.0591. The fourth-order valence-electron chi connectivity index (χ4n) is 2.54. The molecule has 0 spiro atoms. The fourth-order valence-corrected chi connectivity index (χ4v) is 2.54. The maximum Gasteiger partial charge on any atom is 0.338 e. The predicted octanol–water partition coefficient (Wildman–Crippen LogP) is 3.38. The number of benzene rings is 1. The van der Waals surface area contributed by atoms with Crippen molar-refractivity contribution in [2.45, 2.75) is 39.0 Å². The van der Waals surface area contributed by atoms with Gasteiger partial charge in [-0.15, -0.1) is 0 Å². The largest absolute Gasteiger partial charge is 0.462 e. The Bertz CT molecular complexity index is 440. The molecule has 0 atom stereocenters. The summed E-state index contributed by atoms with van der Waals surface area (Å²) < 4.78 is 5.45. The summed E-state index contributed by atoms with van der Waals surface area (Å²) >= 11 is 0. The molecule has 2 rings (SSSR count). The minimum Gasteiger partial charge on any atom is -0.462 e. The topological polar surface area (TPSA) is 43.4 Å². The Morgan fingerprint density at radius 3 is 2.42 bits per heavy atom. The van der Waals surface area contributed by atoms with Gasteiger partial charge in [-0.25, -0.2) is 4.79 Å². The number of carbonyl (C=O) groups excluding carboxylic acids is 2. The van der Waals surface area contributed by atoms with Crippen LogP contribution in [0.15, 0.2) is 30.3 Å². The Balaban J connectivity index is 1.93. The van der Waals surface area contributed by atoms with Crippen LogP contribution < -0.4 is 0 Å². The summed E-state index contributed by atoms with van der Waals surface area (Å²) in [6.45, 7) is 2.52. The first-order valence-corrected chi connectivity index (χ1v) is 6.89. The van der Waals surface area contributed by atoms with Gasteiger partial charge in [-0.05, 0) is 31.4 Å². The number of ether oxygens (including phenoxy) is 1. The molecule has 1 aliphatic rings. The first-order chi connectivity index (χ1) is 9.15. The van der Waals surface area contributed by atoms with E-state index in [0.717, 1.165) is 19.3 Å². The SMILES string of the molecule is CCC1(COC(=O)c2ccccc2)CCC(=O)CC1. The number of hydrogen-bond donors (Lipinski definition) is 0. The van der Waals surface area contributed by atoms with Gasteiger partial charge in [0.25, 0.3) is 0 Å². The van der Waals surface area contributed by atoms with Gasteiger partial charge in [0.2, 0.25) is 0 Å². The van der Waals surface area contributed by atoms with Gasteiger partial charge in [0.05, 0.1) is 12.2 Å². The van der Waals surface area contributed by atoms with E-state index in [0.29, 0.717) is 30.8 Å². The summed E-state index contributed by atoms with van der Waals surface area (Å²) in [6.07, 6.45) is 3.87. The van der Waals surface area contributed by atoms with E-state index in [-0.39, 0.29) is 11.4 Å². The molecular formula is C16H20O3. The molecule has 0 unspecified atom stereocenters. The van der Waals surface area contributed by atoms with Crippen molar-refractivity contribution in [3.63, 3.8) is 0 Å². The summed E-state index contributed by atoms with van der Waals surface area (Å²) in [7, 11) is 0. The lowest BCUT2D eigenvalue weighted by molar-refractivity contribution is -0.123. The number of Topliss-reactive ketones (excluding diaryl/α,β-unsaturated/α-hetero) is 1. The second-order valence-corrected chi connectivity index (χ2v) is 5.33. The van der Waals surface area contributed by atoms with Gasteiger partial charge in [0, 0.05) is 18.3 Å². The van der Waals surface area contributed by atoms with Crippen LogP contribution in [0.2, 0.25) is 0 Å². The van der Waals surface area contributed by atoms with Crippen molar-refractivity contribution in [3.05, 3.63) is 35.9 Å². The van der Waals surface area contributed by atoms with Crippen molar-refractivity contribution in [1.29, 1.82) is 0 Å². The summed E-state index contributed by atoms with van der Waals surface area (Å²) in [5, 5.41) is 0. The molecule has 0 heterocycles. The molecule has 1 aliphatic carbocycles. The summed E-state index contributed by atoms with van der Waals surface area (Å²) in [6, 6.07) is 9.03. The van der Waals surface area contributed by atoms with E-state index >= 15 is 0 Å². The van der Waals surface area contributed by atoms with E-state index in [4.69, 9.17) is 4.74 Å². The quantitative estimate of drug-likeness (QED) is 0.779. The lowest BCUT2D eigenvalue weighted by Crippen LogP contribution is -2.32. The highest BCUT2D eigenvalue weighted by molar-refractivity contribution is 5.89. The van der Waals surface area contributed by atoms with E-state index in [9.17, 15) is 9.59 Å². The number of ketones is 1. The van der Waals surface area contributed by atoms with Crippen LogP contribution in [0.4, 0.5) is 0 Å². The molecule has 1 fully saturated rings. The monoisotopic (exact) mass is 260 g/mol. The Morgan fingerprint density at radius 2 is 1.84 bits per heavy atom. The Morgan fingerprint density at radius 1 is 1.21 bits per heavy atom. The van der Waals surface area contributed by atoms with E-state index in [2.05, 4.69) is 6.92 Å². The molecule has 0 bridgehead atoms. The van der Waals surface area contributed by atoms with E-state index in [1.165, 1.54) is 0 Å². The molecule has 0 saturated heterocycles. The third-order valence-corrected chi connectivity index (χ3v) is 4.14.